The van der Waals surface area contributed by atoms with Crippen molar-refractivity contribution in [2.24, 2.45) is 5.92 Å². The van der Waals surface area contributed by atoms with Gasteiger partial charge in [-0.2, -0.15) is 0 Å². The Morgan fingerprint density at radius 2 is 2.24 bits per heavy atom. The monoisotopic (exact) mass is 319 g/mol. The van der Waals surface area contributed by atoms with Crippen LogP contribution in [0.2, 0.25) is 0 Å². The molecule has 17 heavy (non-hydrogen) atoms. The van der Waals surface area contributed by atoms with Crippen LogP contribution in [0.5, 0.6) is 5.75 Å². The van der Waals surface area contributed by atoms with E-state index in [-0.39, 0.29) is 0 Å². The van der Waals surface area contributed by atoms with Gasteiger partial charge < -0.3 is 10.1 Å². The number of ether oxygens (including phenoxy) is 1. The Bertz CT molecular complexity index is 346. The van der Waals surface area contributed by atoms with Crippen LogP contribution in [-0.4, -0.2) is 19.5 Å². The third kappa shape index (κ3) is 5.28. The molecule has 1 aromatic carbocycles. The van der Waals surface area contributed by atoms with E-state index in [2.05, 4.69) is 28.2 Å². The Morgan fingerprint density at radius 1 is 1.47 bits per heavy atom. The lowest BCUT2D eigenvalue weighted by atomic mass is 10.1. The fraction of sp³-hybridized carbons (Fsp3) is 0.538. The molecule has 1 N–H and O–H groups in total. The first-order chi connectivity index (χ1) is 8.17. The maximum atomic E-state index is 5.71. The number of hydrogen-bond acceptors (Lipinski definition) is 2. The highest BCUT2D eigenvalue weighted by atomic mass is 79.9. The van der Waals surface area contributed by atoms with Gasteiger partial charge in [-0.1, -0.05) is 22.9 Å². The number of nitrogens with one attached hydrogen (secondary N) is 1. The second kappa shape index (κ2) is 7.96. The van der Waals surface area contributed by atoms with Crippen LogP contribution in [0.4, 0.5) is 0 Å². The van der Waals surface area contributed by atoms with E-state index in [1.54, 1.807) is 7.11 Å². The van der Waals surface area contributed by atoms with Gasteiger partial charge in [-0.15, -0.1) is 11.6 Å². The van der Waals surface area contributed by atoms with Gasteiger partial charge in [-0.05, 0) is 42.6 Å². The van der Waals surface area contributed by atoms with Gasteiger partial charge in [0.2, 0.25) is 0 Å². The Morgan fingerprint density at radius 3 is 2.88 bits per heavy atom. The molecule has 1 rings (SSSR count). The second-order valence-electron chi connectivity index (χ2n) is 4.17. The van der Waals surface area contributed by atoms with Gasteiger partial charge in [0.15, 0.2) is 0 Å². The minimum atomic E-state index is 0.608. The van der Waals surface area contributed by atoms with Gasteiger partial charge in [0.25, 0.3) is 0 Å². The number of methoxy groups -OCH3 is 1. The molecule has 0 aliphatic carbocycles. The number of alkyl halides is 1. The van der Waals surface area contributed by atoms with Crippen LogP contribution in [-0.2, 0) is 6.54 Å². The lowest BCUT2D eigenvalue weighted by Crippen LogP contribution is -2.21. The lowest BCUT2D eigenvalue weighted by molar-refractivity contribution is 0.413. The highest BCUT2D eigenvalue weighted by molar-refractivity contribution is 9.10. The van der Waals surface area contributed by atoms with Crippen LogP contribution in [0.15, 0.2) is 22.7 Å². The lowest BCUT2D eigenvalue weighted by Gasteiger charge is -2.12. The summed E-state index contributed by atoms with van der Waals surface area (Å²) < 4.78 is 6.32. The number of hydrogen-bond donors (Lipinski definition) is 1. The van der Waals surface area contributed by atoms with Crippen molar-refractivity contribution < 1.29 is 4.74 Å². The minimum Gasteiger partial charge on any atom is -0.497 e. The van der Waals surface area contributed by atoms with Crippen LogP contribution >= 0.6 is 27.5 Å². The van der Waals surface area contributed by atoms with Crippen LogP contribution < -0.4 is 10.1 Å². The molecule has 1 aromatic rings. The highest BCUT2D eigenvalue weighted by Gasteiger charge is 2.04. The third-order valence-electron chi connectivity index (χ3n) is 2.66. The highest BCUT2D eigenvalue weighted by Crippen LogP contribution is 2.22. The van der Waals surface area contributed by atoms with E-state index < -0.39 is 0 Å². The summed E-state index contributed by atoms with van der Waals surface area (Å²) >= 11 is 9.25. The Kier molecular flexibility index (Phi) is 6.93. The van der Waals surface area contributed by atoms with E-state index in [1.807, 2.05) is 18.2 Å². The fourth-order valence-corrected chi connectivity index (χ4v) is 2.31. The maximum absolute atomic E-state index is 5.71. The van der Waals surface area contributed by atoms with Gasteiger partial charge in [0.05, 0.1) is 7.11 Å². The predicted octanol–water partition coefficient (Wildman–Crippen LogP) is 3.81. The van der Waals surface area contributed by atoms with E-state index in [0.717, 1.165) is 35.6 Å². The molecule has 0 fully saturated rings. The zero-order valence-corrected chi connectivity index (χ0v) is 12.6. The van der Waals surface area contributed by atoms with Crippen LogP contribution in [0.3, 0.4) is 0 Å². The maximum Gasteiger partial charge on any atom is 0.119 e. The Hall–Kier alpha value is -0.250. The molecule has 0 saturated heterocycles. The Balaban J connectivity index is 2.45. The zero-order valence-electron chi connectivity index (χ0n) is 10.3. The van der Waals surface area contributed by atoms with Crippen molar-refractivity contribution in [3.8, 4) is 5.75 Å². The molecule has 1 atom stereocenters. The second-order valence-corrected chi connectivity index (χ2v) is 5.40. The predicted molar refractivity (Wildman–Crippen MR) is 76.9 cm³/mol. The molecule has 2 nitrogen and oxygen atoms in total. The van der Waals surface area contributed by atoms with Gasteiger partial charge in [-0.25, -0.2) is 0 Å². The molecule has 0 spiro atoms. The number of rotatable bonds is 7. The summed E-state index contributed by atoms with van der Waals surface area (Å²) in [6.07, 6.45) is 1.05. The van der Waals surface area contributed by atoms with Crippen LogP contribution in [0.25, 0.3) is 0 Å². The summed E-state index contributed by atoms with van der Waals surface area (Å²) in [5, 5.41) is 3.43. The Labute approximate surface area is 117 Å². The SMILES string of the molecule is COc1ccc(Br)c(CNCC(C)CCCl)c1. The molecule has 0 aliphatic rings. The third-order valence-corrected chi connectivity index (χ3v) is 3.65. The molecule has 0 aliphatic heterocycles. The molecule has 1 unspecified atom stereocenters. The molecular formula is C13H19BrClNO. The molecule has 0 saturated carbocycles. The van der Waals surface area contributed by atoms with E-state index in [9.17, 15) is 0 Å². The van der Waals surface area contributed by atoms with Crippen molar-refractivity contribution in [2.45, 2.75) is 19.9 Å². The molecule has 96 valence electrons. The van der Waals surface area contributed by atoms with Gasteiger partial charge >= 0.3 is 0 Å². The van der Waals surface area contributed by atoms with Crippen LogP contribution in [0.1, 0.15) is 18.9 Å². The molecule has 4 heteroatoms. The van der Waals surface area contributed by atoms with Crippen molar-refractivity contribution in [3.05, 3.63) is 28.2 Å². The van der Waals surface area contributed by atoms with Gasteiger partial charge in [0, 0.05) is 16.9 Å². The summed E-state index contributed by atoms with van der Waals surface area (Å²) in [6.45, 7) is 4.02. The van der Waals surface area contributed by atoms with Crippen molar-refractivity contribution in [1.29, 1.82) is 0 Å². The summed E-state index contributed by atoms with van der Waals surface area (Å²) in [7, 11) is 1.68. The number of benzene rings is 1. The molecule has 0 radical (unpaired) electrons. The first kappa shape index (κ1) is 14.8. The van der Waals surface area contributed by atoms with Crippen molar-refractivity contribution in [2.75, 3.05) is 19.5 Å². The smallest absolute Gasteiger partial charge is 0.119 e. The van der Waals surface area contributed by atoms with Crippen LogP contribution in [0, 0.1) is 5.92 Å². The number of halogens is 2. The molecule has 0 amide bonds. The van der Waals surface area contributed by atoms with Crippen molar-refractivity contribution in [3.63, 3.8) is 0 Å². The van der Waals surface area contributed by atoms with E-state index in [0.29, 0.717) is 5.92 Å². The summed E-state index contributed by atoms with van der Waals surface area (Å²) in [5.74, 6) is 2.22. The van der Waals surface area contributed by atoms with Gasteiger partial charge in [-0.3, -0.25) is 0 Å². The van der Waals surface area contributed by atoms with Crippen molar-refractivity contribution >= 4 is 27.5 Å². The van der Waals surface area contributed by atoms with E-state index in [1.165, 1.54) is 5.56 Å². The summed E-state index contributed by atoms with van der Waals surface area (Å²) in [6, 6.07) is 6.01. The van der Waals surface area contributed by atoms with Gasteiger partial charge in [0.1, 0.15) is 5.75 Å². The minimum absolute atomic E-state index is 0.608. The largest absolute Gasteiger partial charge is 0.497 e. The first-order valence-corrected chi connectivity index (χ1v) is 7.09. The first-order valence-electron chi connectivity index (χ1n) is 5.76. The normalized spacial score (nSPS) is 12.5. The zero-order chi connectivity index (χ0) is 12.7. The average molecular weight is 321 g/mol. The van der Waals surface area contributed by atoms with Crippen molar-refractivity contribution in [1.82, 2.24) is 5.32 Å². The quantitative estimate of drug-likeness (QED) is 0.771. The molecule has 0 aromatic heterocycles. The molecule has 0 heterocycles. The summed E-state index contributed by atoms with van der Waals surface area (Å²) in [5.41, 5.74) is 1.21. The van der Waals surface area contributed by atoms with E-state index >= 15 is 0 Å². The molecular weight excluding hydrogens is 302 g/mol. The van der Waals surface area contributed by atoms with E-state index in [4.69, 9.17) is 16.3 Å². The molecule has 0 bridgehead atoms. The average Bonchev–Trinajstić information content (AvgIpc) is 2.32. The topological polar surface area (TPSA) is 21.3 Å². The standard InChI is InChI=1S/C13H19BrClNO/c1-10(5-6-15)8-16-9-11-7-12(17-2)3-4-13(11)14/h3-4,7,10,16H,5-6,8-9H2,1-2H3. The summed E-state index contributed by atoms with van der Waals surface area (Å²) in [4.78, 5) is 0. The fourth-order valence-electron chi connectivity index (χ4n) is 1.56.